The first-order chi connectivity index (χ1) is 8.50. The van der Waals surface area contributed by atoms with Gasteiger partial charge >= 0.3 is 0 Å². The maximum atomic E-state index is 13.9. The van der Waals surface area contributed by atoms with Crippen LogP contribution >= 0.6 is 0 Å². The number of ether oxygens (including phenoxy) is 1. The Kier molecular flexibility index (Phi) is 3.88. The second-order valence-electron chi connectivity index (χ2n) is 4.99. The van der Waals surface area contributed by atoms with Crippen molar-refractivity contribution >= 4 is 5.69 Å². The molecule has 3 nitrogen and oxygen atoms in total. The first kappa shape index (κ1) is 13.3. The minimum atomic E-state index is -0.813. The zero-order valence-electron chi connectivity index (χ0n) is 11.1. The molecule has 4 heteroatoms. The average molecular weight is 253 g/mol. The Morgan fingerprint density at radius 2 is 2.17 bits per heavy atom. The Balaban J connectivity index is 2.40. The smallest absolute Gasteiger partial charge is 0.131 e. The number of morpholine rings is 1. The highest BCUT2D eigenvalue weighted by atomic mass is 19.1. The van der Waals surface area contributed by atoms with E-state index in [4.69, 9.17) is 4.74 Å². The summed E-state index contributed by atoms with van der Waals surface area (Å²) in [7, 11) is 0. The van der Waals surface area contributed by atoms with Crippen LogP contribution in [0.2, 0.25) is 0 Å². The number of benzene rings is 1. The summed E-state index contributed by atoms with van der Waals surface area (Å²) in [5.41, 5.74) is 1.14. The Hall–Kier alpha value is -1.13. The number of hydrogen-bond acceptors (Lipinski definition) is 3. The summed E-state index contributed by atoms with van der Waals surface area (Å²) in [5.74, 6) is -0.353. The molecule has 1 N–H and O–H groups in total. The first-order valence-corrected chi connectivity index (χ1v) is 6.35. The van der Waals surface area contributed by atoms with Crippen molar-refractivity contribution in [3.8, 4) is 0 Å². The summed E-state index contributed by atoms with van der Waals surface area (Å²) in [6, 6.07) is 5.11. The van der Waals surface area contributed by atoms with Gasteiger partial charge in [-0.05, 0) is 32.9 Å². The van der Waals surface area contributed by atoms with Crippen LogP contribution in [0.3, 0.4) is 0 Å². The molecule has 1 saturated heterocycles. The van der Waals surface area contributed by atoms with Gasteiger partial charge in [-0.3, -0.25) is 0 Å². The van der Waals surface area contributed by atoms with Crippen LogP contribution in [0.25, 0.3) is 0 Å². The molecule has 0 saturated carbocycles. The van der Waals surface area contributed by atoms with Crippen LogP contribution in [0.5, 0.6) is 0 Å². The monoisotopic (exact) mass is 253 g/mol. The molecule has 100 valence electrons. The minimum Gasteiger partial charge on any atom is -0.389 e. The quantitative estimate of drug-likeness (QED) is 0.879. The van der Waals surface area contributed by atoms with Crippen LogP contribution in [-0.2, 0) is 4.74 Å². The summed E-state index contributed by atoms with van der Waals surface area (Å²) in [6.45, 7) is 6.97. The fraction of sp³-hybridized carbons (Fsp3) is 0.571. The normalized spacial score (nSPS) is 26.2. The molecule has 3 atom stereocenters. The van der Waals surface area contributed by atoms with Crippen LogP contribution in [0, 0.1) is 5.82 Å². The summed E-state index contributed by atoms with van der Waals surface area (Å²) < 4.78 is 19.4. The van der Waals surface area contributed by atoms with Crippen LogP contribution in [0.15, 0.2) is 18.2 Å². The van der Waals surface area contributed by atoms with Crippen LogP contribution in [-0.4, -0.2) is 30.4 Å². The molecular weight excluding hydrogens is 233 g/mol. The van der Waals surface area contributed by atoms with Crippen molar-refractivity contribution in [2.45, 2.75) is 39.0 Å². The van der Waals surface area contributed by atoms with Gasteiger partial charge in [0.1, 0.15) is 5.82 Å². The van der Waals surface area contributed by atoms with Gasteiger partial charge in [0.05, 0.1) is 18.8 Å². The molecular formula is C14H20FNO2. The fourth-order valence-corrected chi connectivity index (χ4v) is 2.43. The molecule has 1 fully saturated rings. The molecule has 0 bridgehead atoms. The summed E-state index contributed by atoms with van der Waals surface area (Å²) in [5, 5.41) is 9.77. The van der Waals surface area contributed by atoms with Gasteiger partial charge in [-0.2, -0.15) is 0 Å². The number of halogens is 1. The van der Waals surface area contributed by atoms with E-state index in [0.29, 0.717) is 18.7 Å². The molecule has 0 radical (unpaired) electrons. The molecule has 1 aliphatic heterocycles. The number of aliphatic hydroxyl groups is 1. The molecule has 1 aliphatic rings. The zero-order valence-corrected chi connectivity index (χ0v) is 11.1. The molecule has 18 heavy (non-hydrogen) atoms. The second-order valence-corrected chi connectivity index (χ2v) is 4.99. The van der Waals surface area contributed by atoms with Gasteiger partial charge in [0.2, 0.25) is 0 Å². The highest BCUT2D eigenvalue weighted by Crippen LogP contribution is 2.31. The SMILES string of the molecule is CC1CN(c2cccc(F)c2[C@@H](C)O)C(C)CO1. The van der Waals surface area contributed by atoms with Crippen LogP contribution < -0.4 is 4.90 Å². The van der Waals surface area contributed by atoms with Crippen molar-refractivity contribution in [3.63, 3.8) is 0 Å². The third kappa shape index (κ3) is 2.49. The van der Waals surface area contributed by atoms with E-state index in [1.807, 2.05) is 19.9 Å². The standard InChI is InChI=1S/C14H20FNO2/c1-9-8-18-10(2)7-16(9)13-6-4-5-12(15)14(13)11(3)17/h4-6,9-11,17H,7-8H2,1-3H3/t9?,10?,11-/m1/s1. The molecule has 1 aromatic rings. The second kappa shape index (κ2) is 5.24. The summed E-state index contributed by atoms with van der Waals surface area (Å²) >= 11 is 0. The molecule has 0 aromatic heterocycles. The maximum Gasteiger partial charge on any atom is 0.131 e. The van der Waals surface area contributed by atoms with Gasteiger partial charge in [-0.15, -0.1) is 0 Å². The van der Waals surface area contributed by atoms with E-state index >= 15 is 0 Å². The third-order valence-electron chi connectivity index (χ3n) is 3.36. The number of nitrogens with zero attached hydrogens (tertiary/aromatic N) is 1. The number of rotatable bonds is 2. The Labute approximate surface area is 107 Å². The largest absolute Gasteiger partial charge is 0.389 e. The fourth-order valence-electron chi connectivity index (χ4n) is 2.43. The third-order valence-corrected chi connectivity index (χ3v) is 3.36. The van der Waals surface area contributed by atoms with E-state index in [9.17, 15) is 9.50 Å². The van der Waals surface area contributed by atoms with Gasteiger partial charge in [0.15, 0.2) is 0 Å². The van der Waals surface area contributed by atoms with Crippen molar-refractivity contribution < 1.29 is 14.2 Å². The van der Waals surface area contributed by atoms with Crippen molar-refractivity contribution in [2.24, 2.45) is 0 Å². The Morgan fingerprint density at radius 1 is 1.44 bits per heavy atom. The van der Waals surface area contributed by atoms with E-state index in [0.717, 1.165) is 5.69 Å². The van der Waals surface area contributed by atoms with Crippen molar-refractivity contribution in [1.29, 1.82) is 0 Å². The van der Waals surface area contributed by atoms with Crippen molar-refractivity contribution in [2.75, 3.05) is 18.1 Å². The molecule has 2 rings (SSSR count). The highest BCUT2D eigenvalue weighted by Gasteiger charge is 2.27. The molecule has 0 spiro atoms. The number of hydrogen-bond donors (Lipinski definition) is 1. The van der Waals surface area contributed by atoms with Crippen molar-refractivity contribution in [3.05, 3.63) is 29.6 Å². The van der Waals surface area contributed by atoms with Gasteiger partial charge in [-0.25, -0.2) is 4.39 Å². The van der Waals surface area contributed by atoms with Crippen molar-refractivity contribution in [1.82, 2.24) is 0 Å². The van der Waals surface area contributed by atoms with Gasteiger partial charge in [0.25, 0.3) is 0 Å². The average Bonchev–Trinajstić information content (AvgIpc) is 2.31. The predicted octanol–water partition coefficient (Wildman–Crippen LogP) is 2.49. The van der Waals surface area contributed by atoms with Gasteiger partial charge in [0, 0.05) is 23.8 Å². The molecule has 0 amide bonds. The Bertz CT molecular complexity index is 422. The van der Waals surface area contributed by atoms with E-state index < -0.39 is 6.10 Å². The molecule has 0 aliphatic carbocycles. The summed E-state index contributed by atoms with van der Waals surface area (Å²) in [4.78, 5) is 2.11. The predicted molar refractivity (Wildman–Crippen MR) is 69.3 cm³/mol. The van der Waals surface area contributed by atoms with E-state index in [1.54, 1.807) is 13.0 Å². The molecule has 1 heterocycles. The Morgan fingerprint density at radius 3 is 2.83 bits per heavy atom. The first-order valence-electron chi connectivity index (χ1n) is 6.35. The zero-order chi connectivity index (χ0) is 13.3. The van der Waals surface area contributed by atoms with Crippen LogP contribution in [0.4, 0.5) is 10.1 Å². The van der Waals surface area contributed by atoms with Gasteiger partial charge in [-0.1, -0.05) is 6.07 Å². The minimum absolute atomic E-state index is 0.117. The number of anilines is 1. The van der Waals surface area contributed by atoms with E-state index in [-0.39, 0.29) is 18.0 Å². The van der Waals surface area contributed by atoms with Crippen LogP contribution in [0.1, 0.15) is 32.4 Å². The maximum absolute atomic E-state index is 13.9. The van der Waals surface area contributed by atoms with E-state index in [2.05, 4.69) is 4.90 Å². The lowest BCUT2D eigenvalue weighted by molar-refractivity contribution is 0.0340. The van der Waals surface area contributed by atoms with Gasteiger partial charge < -0.3 is 14.7 Å². The number of aliphatic hydroxyl groups excluding tert-OH is 1. The lowest BCUT2D eigenvalue weighted by Gasteiger charge is -2.39. The lowest BCUT2D eigenvalue weighted by Crippen LogP contribution is -2.48. The topological polar surface area (TPSA) is 32.7 Å². The van der Waals surface area contributed by atoms with E-state index in [1.165, 1.54) is 6.07 Å². The molecule has 1 aromatic carbocycles. The lowest BCUT2D eigenvalue weighted by atomic mass is 10.0. The molecule has 2 unspecified atom stereocenters. The summed E-state index contributed by atoms with van der Waals surface area (Å²) in [6.07, 6.45) is -0.696. The highest BCUT2D eigenvalue weighted by molar-refractivity contribution is 5.56.